The zero-order valence-corrected chi connectivity index (χ0v) is 12.2. The van der Waals surface area contributed by atoms with Crippen LogP contribution in [0.5, 0.6) is 0 Å². The largest absolute Gasteiger partial charge is 0.395 e. The smallest absolute Gasteiger partial charge is 0.137 e. The molecule has 0 aliphatic heterocycles. The Morgan fingerprint density at radius 1 is 1.44 bits per heavy atom. The molecule has 18 heavy (non-hydrogen) atoms. The lowest BCUT2D eigenvalue weighted by Crippen LogP contribution is -2.41. The molecule has 0 bridgehead atoms. The minimum Gasteiger partial charge on any atom is -0.395 e. The molecule has 2 unspecified atom stereocenters. The van der Waals surface area contributed by atoms with E-state index in [1.807, 2.05) is 0 Å². The summed E-state index contributed by atoms with van der Waals surface area (Å²) in [6.07, 6.45) is 5.38. The zero-order valence-electron chi connectivity index (χ0n) is 12.2. The first-order valence-electron chi connectivity index (χ1n) is 7.46. The number of carbonyl (C=O) groups is 1. The quantitative estimate of drug-likeness (QED) is 0.760. The summed E-state index contributed by atoms with van der Waals surface area (Å²) in [5.74, 6) is 1.37. The summed E-state index contributed by atoms with van der Waals surface area (Å²) in [6, 6.07) is 0.400. The van der Waals surface area contributed by atoms with Crippen molar-refractivity contribution in [3.05, 3.63) is 0 Å². The van der Waals surface area contributed by atoms with E-state index < -0.39 is 0 Å². The lowest BCUT2D eigenvalue weighted by atomic mass is 9.78. The van der Waals surface area contributed by atoms with Crippen LogP contribution in [-0.2, 0) is 4.79 Å². The molecule has 0 aromatic carbocycles. The molecule has 0 radical (unpaired) electrons. The summed E-state index contributed by atoms with van der Waals surface area (Å²) in [6.45, 7) is 8.17. The van der Waals surface area contributed by atoms with E-state index in [1.165, 1.54) is 12.8 Å². The SMILES string of the molecule is CCCC1CCC(=O)C(CN(CCO)C(C)C)C1. The van der Waals surface area contributed by atoms with E-state index in [9.17, 15) is 4.79 Å². The summed E-state index contributed by atoms with van der Waals surface area (Å²) in [7, 11) is 0. The highest BCUT2D eigenvalue weighted by molar-refractivity contribution is 5.81. The number of aliphatic hydroxyl groups excluding tert-OH is 1. The Hall–Kier alpha value is -0.410. The Kier molecular flexibility index (Phi) is 6.87. The molecule has 1 aliphatic rings. The number of aliphatic hydroxyl groups is 1. The van der Waals surface area contributed by atoms with Crippen molar-refractivity contribution in [3.63, 3.8) is 0 Å². The van der Waals surface area contributed by atoms with Crippen LogP contribution in [0.25, 0.3) is 0 Å². The summed E-state index contributed by atoms with van der Waals surface area (Å²) < 4.78 is 0. The predicted molar refractivity (Wildman–Crippen MR) is 74.5 cm³/mol. The Labute approximate surface area is 112 Å². The van der Waals surface area contributed by atoms with Gasteiger partial charge in [0, 0.05) is 31.5 Å². The van der Waals surface area contributed by atoms with Crippen LogP contribution in [0.15, 0.2) is 0 Å². The van der Waals surface area contributed by atoms with Crippen molar-refractivity contribution < 1.29 is 9.90 Å². The normalized spacial score (nSPS) is 25.1. The fraction of sp³-hybridized carbons (Fsp3) is 0.933. The highest BCUT2D eigenvalue weighted by atomic mass is 16.3. The average Bonchev–Trinajstić information content (AvgIpc) is 2.33. The van der Waals surface area contributed by atoms with Gasteiger partial charge in [0.2, 0.25) is 0 Å². The van der Waals surface area contributed by atoms with Crippen LogP contribution < -0.4 is 0 Å². The first kappa shape index (κ1) is 15.6. The summed E-state index contributed by atoms with van der Waals surface area (Å²) in [5, 5.41) is 9.09. The first-order chi connectivity index (χ1) is 8.58. The lowest BCUT2D eigenvalue weighted by Gasteiger charge is -2.34. The number of hydrogen-bond acceptors (Lipinski definition) is 3. The number of rotatable bonds is 7. The van der Waals surface area contributed by atoms with E-state index in [2.05, 4.69) is 25.7 Å². The standard InChI is InChI=1S/C15H29NO2/c1-4-5-13-6-7-15(18)14(10-13)11-16(8-9-17)12(2)3/h12-14,17H,4-11H2,1-3H3. The van der Waals surface area contributed by atoms with Crippen molar-refractivity contribution in [2.45, 2.75) is 58.9 Å². The molecule has 1 rings (SSSR count). The van der Waals surface area contributed by atoms with Gasteiger partial charge in [-0.15, -0.1) is 0 Å². The van der Waals surface area contributed by atoms with Crippen molar-refractivity contribution in [2.75, 3.05) is 19.7 Å². The first-order valence-corrected chi connectivity index (χ1v) is 7.46. The number of nitrogens with zero attached hydrogens (tertiary/aromatic N) is 1. The second-order valence-corrected chi connectivity index (χ2v) is 5.90. The molecule has 0 aromatic rings. The van der Waals surface area contributed by atoms with Gasteiger partial charge in [0.15, 0.2) is 0 Å². The molecule has 1 aliphatic carbocycles. The van der Waals surface area contributed by atoms with E-state index in [-0.39, 0.29) is 12.5 Å². The zero-order chi connectivity index (χ0) is 13.5. The van der Waals surface area contributed by atoms with Crippen molar-refractivity contribution in [1.82, 2.24) is 4.90 Å². The molecule has 106 valence electrons. The topological polar surface area (TPSA) is 40.5 Å². The maximum Gasteiger partial charge on any atom is 0.137 e. The molecule has 1 N–H and O–H groups in total. The second-order valence-electron chi connectivity index (χ2n) is 5.90. The Balaban J connectivity index is 2.53. The highest BCUT2D eigenvalue weighted by Crippen LogP contribution is 2.30. The third kappa shape index (κ3) is 4.69. The maximum absolute atomic E-state index is 12.0. The summed E-state index contributed by atoms with van der Waals surface area (Å²) in [4.78, 5) is 14.3. The van der Waals surface area contributed by atoms with Crippen molar-refractivity contribution >= 4 is 5.78 Å². The van der Waals surface area contributed by atoms with Gasteiger partial charge in [0.1, 0.15) is 5.78 Å². The van der Waals surface area contributed by atoms with E-state index in [0.29, 0.717) is 18.4 Å². The monoisotopic (exact) mass is 255 g/mol. The molecule has 3 nitrogen and oxygen atoms in total. The van der Waals surface area contributed by atoms with Crippen molar-refractivity contribution in [2.24, 2.45) is 11.8 Å². The van der Waals surface area contributed by atoms with Crippen LogP contribution >= 0.6 is 0 Å². The van der Waals surface area contributed by atoms with Crippen molar-refractivity contribution in [1.29, 1.82) is 0 Å². The number of carbonyl (C=O) groups excluding carboxylic acids is 1. The predicted octanol–water partition coefficient (Wildman–Crippen LogP) is 2.47. The number of Topliss-reactive ketones (excluding diaryl/α,β-unsaturated/α-hetero) is 1. The molecule has 0 heterocycles. The molecule has 1 fully saturated rings. The molecule has 0 aromatic heterocycles. The van der Waals surface area contributed by atoms with E-state index in [0.717, 1.165) is 31.7 Å². The Morgan fingerprint density at radius 3 is 2.72 bits per heavy atom. The highest BCUT2D eigenvalue weighted by Gasteiger charge is 2.29. The molecule has 0 spiro atoms. The molecule has 0 saturated heterocycles. The number of ketones is 1. The van der Waals surface area contributed by atoms with Gasteiger partial charge in [0.25, 0.3) is 0 Å². The minimum absolute atomic E-state index is 0.178. The Morgan fingerprint density at radius 2 is 2.17 bits per heavy atom. The van der Waals surface area contributed by atoms with Crippen LogP contribution in [0.4, 0.5) is 0 Å². The van der Waals surface area contributed by atoms with Crippen molar-refractivity contribution in [3.8, 4) is 0 Å². The van der Waals surface area contributed by atoms with Gasteiger partial charge in [-0.25, -0.2) is 0 Å². The third-order valence-corrected chi connectivity index (χ3v) is 4.14. The van der Waals surface area contributed by atoms with Gasteiger partial charge >= 0.3 is 0 Å². The average molecular weight is 255 g/mol. The molecular weight excluding hydrogens is 226 g/mol. The van der Waals surface area contributed by atoms with Crippen LogP contribution in [0.2, 0.25) is 0 Å². The maximum atomic E-state index is 12.0. The van der Waals surface area contributed by atoms with Crippen LogP contribution in [0.1, 0.15) is 52.9 Å². The van der Waals surface area contributed by atoms with E-state index in [4.69, 9.17) is 5.11 Å². The molecule has 3 heteroatoms. The van der Waals surface area contributed by atoms with Gasteiger partial charge in [-0.3, -0.25) is 9.69 Å². The lowest BCUT2D eigenvalue weighted by molar-refractivity contribution is -0.126. The van der Waals surface area contributed by atoms with Gasteiger partial charge < -0.3 is 5.11 Å². The van der Waals surface area contributed by atoms with E-state index in [1.54, 1.807) is 0 Å². The molecular formula is C15H29NO2. The third-order valence-electron chi connectivity index (χ3n) is 4.14. The fourth-order valence-electron chi connectivity index (χ4n) is 3.02. The molecule has 0 amide bonds. The van der Waals surface area contributed by atoms with Gasteiger partial charge in [0.05, 0.1) is 6.61 Å². The molecule has 2 atom stereocenters. The van der Waals surface area contributed by atoms with E-state index >= 15 is 0 Å². The minimum atomic E-state index is 0.178. The molecule has 1 saturated carbocycles. The second kappa shape index (κ2) is 7.90. The summed E-state index contributed by atoms with van der Waals surface area (Å²) >= 11 is 0. The van der Waals surface area contributed by atoms with Crippen LogP contribution in [-0.4, -0.2) is 41.5 Å². The number of hydrogen-bond donors (Lipinski definition) is 1. The fourth-order valence-corrected chi connectivity index (χ4v) is 3.02. The van der Waals surface area contributed by atoms with Crippen LogP contribution in [0, 0.1) is 11.8 Å². The van der Waals surface area contributed by atoms with Gasteiger partial charge in [-0.05, 0) is 32.6 Å². The van der Waals surface area contributed by atoms with Gasteiger partial charge in [-0.1, -0.05) is 19.8 Å². The Bertz CT molecular complexity index is 253. The van der Waals surface area contributed by atoms with Crippen LogP contribution in [0.3, 0.4) is 0 Å². The summed E-state index contributed by atoms with van der Waals surface area (Å²) in [5.41, 5.74) is 0. The van der Waals surface area contributed by atoms with Gasteiger partial charge in [-0.2, -0.15) is 0 Å².